The maximum atomic E-state index is 11.5. The molecule has 0 aromatic rings. The van der Waals surface area contributed by atoms with Crippen LogP contribution in [0.25, 0.3) is 0 Å². The summed E-state index contributed by atoms with van der Waals surface area (Å²) in [4.78, 5) is 14.0. The molecule has 114 valence electrons. The van der Waals surface area contributed by atoms with Crippen LogP contribution in [0.3, 0.4) is 0 Å². The first-order chi connectivity index (χ1) is 8.15. The summed E-state index contributed by atoms with van der Waals surface area (Å²) in [6.45, 7) is 5.10. The van der Waals surface area contributed by atoms with Gasteiger partial charge in [-0.25, -0.2) is 0 Å². The van der Waals surface area contributed by atoms with E-state index in [9.17, 15) is 4.79 Å². The fraction of sp³-hybridized carbons (Fsp3) is 0.923. The summed E-state index contributed by atoms with van der Waals surface area (Å²) in [5.74, 6) is 0.885. The van der Waals surface area contributed by atoms with Crippen molar-refractivity contribution in [2.75, 3.05) is 19.6 Å². The first-order valence-electron chi connectivity index (χ1n) is 6.93. The molecule has 1 saturated carbocycles. The van der Waals surface area contributed by atoms with Crippen molar-refractivity contribution in [1.82, 2.24) is 10.2 Å². The molecular weight excluding hydrogens is 285 g/mol. The van der Waals surface area contributed by atoms with E-state index in [2.05, 4.69) is 10.2 Å². The zero-order chi connectivity index (χ0) is 12.3. The largest absolute Gasteiger partial charge is 0.351 e. The van der Waals surface area contributed by atoms with E-state index in [1.165, 1.54) is 32.2 Å². The monoisotopic (exact) mass is 311 g/mol. The number of nitrogens with zero attached hydrogens (tertiary/aromatic N) is 1. The number of carbonyl (C=O) groups is 1. The van der Waals surface area contributed by atoms with Crippen molar-refractivity contribution in [2.24, 2.45) is 11.7 Å². The molecule has 1 unspecified atom stereocenters. The van der Waals surface area contributed by atoms with Gasteiger partial charge in [-0.15, -0.1) is 24.8 Å². The van der Waals surface area contributed by atoms with Gasteiger partial charge in [0.1, 0.15) is 0 Å². The average molecular weight is 312 g/mol. The topological polar surface area (TPSA) is 58.4 Å². The number of nitrogens with one attached hydrogen (secondary N) is 1. The molecule has 1 aliphatic heterocycles. The second-order valence-electron chi connectivity index (χ2n) is 5.69. The fourth-order valence-corrected chi connectivity index (χ4v) is 3.01. The minimum absolute atomic E-state index is 0. The van der Waals surface area contributed by atoms with Crippen molar-refractivity contribution in [2.45, 2.75) is 51.1 Å². The maximum absolute atomic E-state index is 11.5. The highest BCUT2D eigenvalue weighted by molar-refractivity contribution is 5.85. The van der Waals surface area contributed by atoms with Gasteiger partial charge in [0, 0.05) is 25.7 Å². The molecule has 0 radical (unpaired) electrons. The smallest absolute Gasteiger partial charge is 0.236 e. The SMILES string of the molecule is C[C@@H](N)C(=O)NC1CCN(CC2CCCC2)C1.Cl.Cl. The number of nitrogens with two attached hydrogens (primary N) is 1. The lowest BCUT2D eigenvalue weighted by molar-refractivity contribution is -0.122. The minimum atomic E-state index is -0.390. The Bertz CT molecular complexity index is 271. The molecule has 2 atom stereocenters. The fourth-order valence-electron chi connectivity index (χ4n) is 3.01. The Hall–Kier alpha value is -0.0300. The van der Waals surface area contributed by atoms with Crippen LogP contribution in [-0.4, -0.2) is 42.5 Å². The molecule has 0 spiro atoms. The van der Waals surface area contributed by atoms with Crippen molar-refractivity contribution in [3.05, 3.63) is 0 Å². The van der Waals surface area contributed by atoms with E-state index < -0.39 is 0 Å². The van der Waals surface area contributed by atoms with Crippen LogP contribution in [0.1, 0.15) is 39.0 Å². The number of carbonyl (C=O) groups excluding carboxylic acids is 1. The third-order valence-corrected chi connectivity index (χ3v) is 4.02. The van der Waals surface area contributed by atoms with Crippen LogP contribution in [0.2, 0.25) is 0 Å². The molecular formula is C13H27Cl2N3O. The van der Waals surface area contributed by atoms with Gasteiger partial charge in [-0.2, -0.15) is 0 Å². The Morgan fingerprint density at radius 2 is 1.95 bits per heavy atom. The summed E-state index contributed by atoms with van der Waals surface area (Å²) >= 11 is 0. The van der Waals surface area contributed by atoms with Crippen LogP contribution in [0.15, 0.2) is 0 Å². The highest BCUT2D eigenvalue weighted by atomic mass is 35.5. The van der Waals surface area contributed by atoms with Crippen molar-refractivity contribution in [3.8, 4) is 0 Å². The summed E-state index contributed by atoms with van der Waals surface area (Å²) < 4.78 is 0. The number of hydrogen-bond donors (Lipinski definition) is 2. The molecule has 1 amide bonds. The predicted octanol–water partition coefficient (Wildman–Crippen LogP) is 1.56. The van der Waals surface area contributed by atoms with E-state index in [0.29, 0.717) is 6.04 Å². The third-order valence-electron chi connectivity index (χ3n) is 4.02. The molecule has 4 nitrogen and oxygen atoms in total. The van der Waals surface area contributed by atoms with E-state index in [1.54, 1.807) is 6.92 Å². The Morgan fingerprint density at radius 1 is 1.32 bits per heavy atom. The van der Waals surface area contributed by atoms with Crippen LogP contribution in [0.4, 0.5) is 0 Å². The van der Waals surface area contributed by atoms with E-state index >= 15 is 0 Å². The molecule has 1 heterocycles. The standard InChI is InChI=1S/C13H25N3O.2ClH/c1-10(14)13(17)15-12-6-7-16(9-12)8-11-4-2-3-5-11;;/h10-12H,2-9,14H2,1H3,(H,15,17);2*1H/t10-,12?;;/m1../s1. The lowest BCUT2D eigenvalue weighted by atomic mass is 10.1. The van der Waals surface area contributed by atoms with Gasteiger partial charge in [-0.3, -0.25) is 4.79 Å². The van der Waals surface area contributed by atoms with Gasteiger partial charge < -0.3 is 16.0 Å². The van der Waals surface area contributed by atoms with Crippen molar-refractivity contribution in [3.63, 3.8) is 0 Å². The maximum Gasteiger partial charge on any atom is 0.236 e. The molecule has 0 aromatic heterocycles. The molecule has 2 fully saturated rings. The molecule has 0 aromatic carbocycles. The predicted molar refractivity (Wildman–Crippen MR) is 83.1 cm³/mol. The zero-order valence-corrected chi connectivity index (χ0v) is 13.3. The van der Waals surface area contributed by atoms with Gasteiger partial charge in [-0.1, -0.05) is 12.8 Å². The number of rotatable bonds is 4. The van der Waals surface area contributed by atoms with E-state index in [4.69, 9.17) is 5.73 Å². The highest BCUT2D eigenvalue weighted by Crippen LogP contribution is 2.26. The van der Waals surface area contributed by atoms with Gasteiger partial charge in [0.15, 0.2) is 0 Å². The van der Waals surface area contributed by atoms with Crippen LogP contribution in [-0.2, 0) is 4.79 Å². The van der Waals surface area contributed by atoms with Gasteiger partial charge >= 0.3 is 0 Å². The minimum Gasteiger partial charge on any atom is -0.351 e. The van der Waals surface area contributed by atoms with E-state index in [-0.39, 0.29) is 36.8 Å². The summed E-state index contributed by atoms with van der Waals surface area (Å²) in [6, 6.07) is -0.0752. The molecule has 2 rings (SSSR count). The molecule has 6 heteroatoms. The van der Waals surface area contributed by atoms with Crippen molar-refractivity contribution >= 4 is 30.7 Å². The van der Waals surface area contributed by atoms with E-state index in [0.717, 1.165) is 25.4 Å². The number of amides is 1. The molecule has 19 heavy (non-hydrogen) atoms. The quantitative estimate of drug-likeness (QED) is 0.828. The first-order valence-corrected chi connectivity index (χ1v) is 6.93. The van der Waals surface area contributed by atoms with Crippen LogP contribution < -0.4 is 11.1 Å². The zero-order valence-electron chi connectivity index (χ0n) is 11.6. The summed E-state index contributed by atoms with van der Waals surface area (Å²) in [7, 11) is 0. The molecule has 3 N–H and O–H groups in total. The lowest BCUT2D eigenvalue weighted by Gasteiger charge is -2.20. The first kappa shape index (κ1) is 19.0. The van der Waals surface area contributed by atoms with Crippen molar-refractivity contribution in [1.29, 1.82) is 0 Å². The van der Waals surface area contributed by atoms with E-state index in [1.807, 2.05) is 0 Å². The van der Waals surface area contributed by atoms with Gasteiger partial charge in [0.2, 0.25) is 5.91 Å². The lowest BCUT2D eigenvalue weighted by Crippen LogP contribution is -2.45. The Labute approximate surface area is 128 Å². The normalized spacial score (nSPS) is 25.5. The number of halogens is 2. The summed E-state index contributed by atoms with van der Waals surface area (Å²) in [5, 5.41) is 3.03. The Balaban J connectivity index is 0.00000162. The average Bonchev–Trinajstić information content (AvgIpc) is 2.91. The van der Waals surface area contributed by atoms with Crippen molar-refractivity contribution < 1.29 is 4.79 Å². The highest BCUT2D eigenvalue weighted by Gasteiger charge is 2.27. The van der Waals surface area contributed by atoms with Crippen LogP contribution >= 0.6 is 24.8 Å². The van der Waals surface area contributed by atoms with Gasteiger partial charge in [-0.05, 0) is 32.1 Å². The van der Waals surface area contributed by atoms with Crippen LogP contribution in [0.5, 0.6) is 0 Å². The summed E-state index contributed by atoms with van der Waals surface area (Å²) in [5.41, 5.74) is 5.56. The number of likely N-dealkylation sites (tertiary alicyclic amines) is 1. The summed E-state index contributed by atoms with van der Waals surface area (Å²) in [6.07, 6.45) is 6.68. The molecule has 0 bridgehead atoms. The molecule has 2 aliphatic rings. The third kappa shape index (κ3) is 5.86. The molecule has 1 aliphatic carbocycles. The van der Waals surface area contributed by atoms with Gasteiger partial charge in [0.25, 0.3) is 0 Å². The second kappa shape index (κ2) is 9.01. The Morgan fingerprint density at radius 3 is 2.53 bits per heavy atom. The second-order valence-corrected chi connectivity index (χ2v) is 5.69. The molecule has 1 saturated heterocycles. The number of hydrogen-bond acceptors (Lipinski definition) is 3. The van der Waals surface area contributed by atoms with Gasteiger partial charge in [0.05, 0.1) is 6.04 Å². The Kier molecular flexibility index (Phi) is 8.99. The van der Waals surface area contributed by atoms with Crippen LogP contribution in [0, 0.1) is 5.92 Å².